The van der Waals surface area contributed by atoms with E-state index in [1.807, 2.05) is 25.8 Å². The molecule has 0 saturated carbocycles. The van der Waals surface area contributed by atoms with E-state index in [0.717, 1.165) is 0 Å². The number of carbonyl (C=O) groups is 3. The summed E-state index contributed by atoms with van der Waals surface area (Å²) in [5.41, 5.74) is 0. The lowest BCUT2D eigenvalue weighted by molar-refractivity contribution is -0.206. The summed E-state index contributed by atoms with van der Waals surface area (Å²) < 4.78 is 16.6. The number of hydrogen-bond donors (Lipinski definition) is 1. The van der Waals surface area contributed by atoms with Crippen LogP contribution in [0.2, 0.25) is 0 Å². The van der Waals surface area contributed by atoms with Crippen LogP contribution in [0.3, 0.4) is 0 Å². The molecule has 150 valence electrons. The normalized spacial score (nSPS) is 28.6. The van der Waals surface area contributed by atoms with Crippen molar-refractivity contribution in [2.75, 3.05) is 26.7 Å². The Morgan fingerprint density at radius 1 is 1.04 bits per heavy atom. The molecule has 1 heterocycles. The fraction of sp³-hybridized carbons (Fsp3) is 0.833. The molecule has 8 heteroatoms. The van der Waals surface area contributed by atoms with Crippen molar-refractivity contribution >= 4 is 17.9 Å². The summed E-state index contributed by atoms with van der Waals surface area (Å²) in [7, 11) is 1.87. The molecule has 1 fully saturated rings. The van der Waals surface area contributed by atoms with E-state index in [0.29, 0.717) is 19.5 Å². The number of carbonyl (C=O) groups excluding carboxylic acids is 2. The summed E-state index contributed by atoms with van der Waals surface area (Å²) >= 11 is 0. The zero-order chi connectivity index (χ0) is 19.9. The first kappa shape index (κ1) is 22.4. The molecule has 0 aromatic rings. The van der Waals surface area contributed by atoms with Gasteiger partial charge in [-0.2, -0.15) is 0 Å². The van der Waals surface area contributed by atoms with Gasteiger partial charge in [0, 0.05) is 32.9 Å². The Kier molecular flexibility index (Phi) is 9.01. The van der Waals surface area contributed by atoms with Gasteiger partial charge in [-0.1, -0.05) is 13.8 Å². The molecule has 0 aliphatic carbocycles. The number of esters is 2. The van der Waals surface area contributed by atoms with E-state index in [2.05, 4.69) is 0 Å². The van der Waals surface area contributed by atoms with Gasteiger partial charge in [0.1, 0.15) is 18.8 Å². The van der Waals surface area contributed by atoms with Crippen molar-refractivity contribution in [2.45, 2.75) is 58.8 Å². The Bertz CT molecular complexity index is 496. The lowest BCUT2D eigenvalue weighted by Crippen LogP contribution is -2.53. The molecular formula is C18H31NO7. The summed E-state index contributed by atoms with van der Waals surface area (Å²) in [5, 5.41) is 8.76. The molecule has 2 unspecified atom stereocenters. The van der Waals surface area contributed by atoms with Crippen LogP contribution in [0.4, 0.5) is 0 Å². The zero-order valence-corrected chi connectivity index (χ0v) is 16.3. The molecular weight excluding hydrogens is 342 g/mol. The molecule has 0 spiro atoms. The first-order valence-corrected chi connectivity index (χ1v) is 8.98. The number of aliphatic carboxylic acids is 1. The summed E-state index contributed by atoms with van der Waals surface area (Å²) in [5.74, 6) is -1.44. The van der Waals surface area contributed by atoms with Gasteiger partial charge in [0.15, 0.2) is 0 Å². The zero-order valence-electron chi connectivity index (χ0n) is 16.3. The van der Waals surface area contributed by atoms with Crippen LogP contribution in [0.25, 0.3) is 0 Å². The maximum absolute atomic E-state index is 11.4. The number of ether oxygens (including phenoxy) is 3. The third-order valence-electron chi connectivity index (χ3n) is 4.91. The quantitative estimate of drug-likeness (QED) is 0.604. The molecule has 1 rings (SSSR count). The average Bonchev–Trinajstić information content (AvgIpc) is 2.54. The van der Waals surface area contributed by atoms with Gasteiger partial charge in [-0.3, -0.25) is 14.4 Å². The van der Waals surface area contributed by atoms with Crippen LogP contribution in [-0.2, 0) is 28.6 Å². The lowest BCUT2D eigenvalue weighted by atomic mass is 9.80. The minimum atomic E-state index is -0.821. The maximum atomic E-state index is 11.4. The Hall–Kier alpha value is -1.67. The highest BCUT2D eigenvalue weighted by atomic mass is 16.6. The van der Waals surface area contributed by atoms with E-state index in [1.54, 1.807) is 0 Å². The first-order chi connectivity index (χ1) is 12.1. The molecule has 0 aromatic carbocycles. The van der Waals surface area contributed by atoms with Gasteiger partial charge in [0.2, 0.25) is 0 Å². The summed E-state index contributed by atoms with van der Waals surface area (Å²) in [6.07, 6.45) is -0.265. The molecule has 0 aromatic heterocycles. The molecule has 8 nitrogen and oxygen atoms in total. The summed E-state index contributed by atoms with van der Waals surface area (Å²) in [4.78, 5) is 35.2. The highest BCUT2D eigenvalue weighted by Crippen LogP contribution is 2.34. The van der Waals surface area contributed by atoms with Gasteiger partial charge < -0.3 is 24.2 Å². The molecule has 0 radical (unpaired) electrons. The predicted octanol–water partition coefficient (Wildman–Crippen LogP) is 1.32. The van der Waals surface area contributed by atoms with E-state index in [-0.39, 0.29) is 31.0 Å². The van der Waals surface area contributed by atoms with Crippen LogP contribution >= 0.6 is 0 Å². The Labute approximate surface area is 154 Å². The molecule has 0 amide bonds. The van der Waals surface area contributed by atoms with Gasteiger partial charge in [-0.15, -0.1) is 0 Å². The topological polar surface area (TPSA) is 102 Å². The highest BCUT2D eigenvalue weighted by molar-refractivity contribution is 5.67. The number of carboxylic acid groups (broad SMARTS) is 1. The number of carboxylic acids is 1. The standard InChI is InChI=1S/C18H31NO7/c1-11-12(2)18(25-14(4)21)16(10-24-13(3)20)26-15(11)6-8-19(5)9-7-17(22)23/h11-12,15-16,18H,6-10H2,1-5H3,(H,22,23)/t11?,12-,15+,16?,18-/m1/s1. The lowest BCUT2D eigenvalue weighted by Gasteiger charge is -2.44. The average molecular weight is 373 g/mol. The van der Waals surface area contributed by atoms with Crippen molar-refractivity contribution in [3.63, 3.8) is 0 Å². The number of nitrogens with zero attached hydrogens (tertiary/aromatic N) is 1. The van der Waals surface area contributed by atoms with Crippen LogP contribution in [0.1, 0.15) is 40.5 Å². The van der Waals surface area contributed by atoms with Crippen molar-refractivity contribution < 1.29 is 33.7 Å². The highest BCUT2D eigenvalue weighted by Gasteiger charge is 2.43. The van der Waals surface area contributed by atoms with Crippen LogP contribution in [0.15, 0.2) is 0 Å². The van der Waals surface area contributed by atoms with Crippen molar-refractivity contribution in [3.8, 4) is 0 Å². The SMILES string of the molecule is CC(=O)OCC1O[C@@H](CCN(C)CCC(=O)O)C(C)[C@@H](C)[C@H]1OC(C)=O. The third kappa shape index (κ3) is 7.29. The maximum Gasteiger partial charge on any atom is 0.304 e. The molecule has 5 atom stereocenters. The van der Waals surface area contributed by atoms with Gasteiger partial charge in [-0.25, -0.2) is 0 Å². The van der Waals surface area contributed by atoms with E-state index in [4.69, 9.17) is 19.3 Å². The van der Waals surface area contributed by atoms with E-state index in [9.17, 15) is 14.4 Å². The van der Waals surface area contributed by atoms with Crippen molar-refractivity contribution in [1.82, 2.24) is 4.90 Å². The molecule has 1 N–H and O–H groups in total. The summed E-state index contributed by atoms with van der Waals surface area (Å²) in [6, 6.07) is 0. The minimum absolute atomic E-state index is 0.0374. The number of rotatable bonds is 9. The molecule has 1 saturated heterocycles. The van der Waals surface area contributed by atoms with Crippen LogP contribution in [0.5, 0.6) is 0 Å². The second-order valence-corrected chi connectivity index (χ2v) is 7.04. The van der Waals surface area contributed by atoms with E-state index in [1.165, 1.54) is 13.8 Å². The van der Waals surface area contributed by atoms with Crippen LogP contribution < -0.4 is 0 Å². The Morgan fingerprint density at radius 3 is 2.23 bits per heavy atom. The van der Waals surface area contributed by atoms with Crippen LogP contribution in [0, 0.1) is 11.8 Å². The fourth-order valence-electron chi connectivity index (χ4n) is 3.19. The molecule has 0 bridgehead atoms. The van der Waals surface area contributed by atoms with Gasteiger partial charge >= 0.3 is 17.9 Å². The monoisotopic (exact) mass is 373 g/mol. The fourth-order valence-corrected chi connectivity index (χ4v) is 3.19. The Balaban J connectivity index is 2.70. The van der Waals surface area contributed by atoms with Crippen molar-refractivity contribution in [2.24, 2.45) is 11.8 Å². The van der Waals surface area contributed by atoms with Crippen LogP contribution in [-0.4, -0.2) is 73.0 Å². The number of hydrogen-bond acceptors (Lipinski definition) is 7. The van der Waals surface area contributed by atoms with E-state index >= 15 is 0 Å². The Morgan fingerprint density at radius 2 is 1.69 bits per heavy atom. The smallest absolute Gasteiger partial charge is 0.304 e. The minimum Gasteiger partial charge on any atom is -0.481 e. The molecule has 26 heavy (non-hydrogen) atoms. The van der Waals surface area contributed by atoms with Crippen molar-refractivity contribution in [1.29, 1.82) is 0 Å². The third-order valence-corrected chi connectivity index (χ3v) is 4.91. The molecule has 1 aliphatic rings. The van der Waals surface area contributed by atoms with Gasteiger partial charge in [-0.05, 0) is 19.4 Å². The second-order valence-electron chi connectivity index (χ2n) is 7.04. The first-order valence-electron chi connectivity index (χ1n) is 8.98. The van der Waals surface area contributed by atoms with Gasteiger partial charge in [0.05, 0.1) is 12.5 Å². The van der Waals surface area contributed by atoms with E-state index < -0.39 is 30.1 Å². The van der Waals surface area contributed by atoms with Gasteiger partial charge in [0.25, 0.3) is 0 Å². The summed E-state index contributed by atoms with van der Waals surface area (Å²) in [6.45, 7) is 7.92. The largest absolute Gasteiger partial charge is 0.481 e. The predicted molar refractivity (Wildman–Crippen MR) is 93.5 cm³/mol. The molecule has 1 aliphatic heterocycles. The van der Waals surface area contributed by atoms with Crippen molar-refractivity contribution in [3.05, 3.63) is 0 Å². The second kappa shape index (κ2) is 10.5.